The van der Waals surface area contributed by atoms with Gasteiger partial charge in [-0.25, -0.2) is 0 Å². The number of thiol groups is 1. The van der Waals surface area contributed by atoms with Crippen molar-refractivity contribution in [2.45, 2.75) is 96.1 Å². The Morgan fingerprint density at radius 3 is 1.97 bits per heavy atom. The normalized spacial score (nSPS) is 15.3. The van der Waals surface area contributed by atoms with Crippen LogP contribution >= 0.6 is 12.6 Å². The summed E-state index contributed by atoms with van der Waals surface area (Å²) >= 11 is 4.75. The Bertz CT molecular complexity index is 928. The number of anilines is 2. The average molecular weight is 538 g/mol. The number of nitrogens with zero attached hydrogens (tertiary/aromatic N) is 2. The molecule has 0 saturated carbocycles. The lowest BCUT2D eigenvalue weighted by atomic mass is 9.92. The lowest BCUT2D eigenvalue weighted by Crippen LogP contribution is -2.46. The number of carbonyl (C=O) groups is 1. The molecule has 210 valence electrons. The van der Waals surface area contributed by atoms with Crippen LogP contribution in [0.15, 0.2) is 48.5 Å². The second kappa shape index (κ2) is 16.2. The second-order valence-corrected chi connectivity index (χ2v) is 12.3. The summed E-state index contributed by atoms with van der Waals surface area (Å²) in [6, 6.07) is 17.2. The fourth-order valence-corrected chi connectivity index (χ4v) is 5.84. The van der Waals surface area contributed by atoms with Crippen LogP contribution in [0.2, 0.25) is 0 Å². The number of carbonyl (C=O) groups excluding carboxylic acids is 1. The molecule has 0 spiro atoms. The predicted molar refractivity (Wildman–Crippen MR) is 168 cm³/mol. The molecule has 0 radical (unpaired) electrons. The number of benzene rings is 2. The predicted octanol–water partition coefficient (Wildman–Crippen LogP) is 8.11. The minimum absolute atomic E-state index is 0.0876. The maximum absolute atomic E-state index is 12.8. The van der Waals surface area contributed by atoms with Gasteiger partial charge in [0.2, 0.25) is 5.91 Å². The van der Waals surface area contributed by atoms with Crippen molar-refractivity contribution in [3.05, 3.63) is 59.7 Å². The molecule has 1 fully saturated rings. The van der Waals surface area contributed by atoms with Gasteiger partial charge in [-0.05, 0) is 54.5 Å². The molecule has 3 rings (SSSR count). The number of rotatable bonds is 15. The third-order valence-electron chi connectivity index (χ3n) is 7.81. The summed E-state index contributed by atoms with van der Waals surface area (Å²) in [6.45, 7) is 14.6. The minimum atomic E-state index is 0.0876. The van der Waals surface area contributed by atoms with Crippen molar-refractivity contribution in [3.8, 4) is 0 Å². The van der Waals surface area contributed by atoms with E-state index in [-0.39, 0.29) is 11.2 Å². The molecule has 1 aliphatic heterocycles. The third-order valence-corrected chi connectivity index (χ3v) is 8.25. The molecule has 0 aromatic heterocycles. The highest BCUT2D eigenvalue weighted by molar-refractivity contribution is 7.81. The monoisotopic (exact) mass is 537 g/mol. The van der Waals surface area contributed by atoms with E-state index >= 15 is 0 Å². The smallest absolute Gasteiger partial charge is 0.225 e. The summed E-state index contributed by atoms with van der Waals surface area (Å²) in [5.74, 6) is 0.839. The van der Waals surface area contributed by atoms with Crippen LogP contribution in [-0.2, 0) is 4.79 Å². The maximum Gasteiger partial charge on any atom is 0.225 e. The van der Waals surface area contributed by atoms with Gasteiger partial charge in [-0.15, -0.1) is 0 Å². The quantitative estimate of drug-likeness (QED) is 0.178. The van der Waals surface area contributed by atoms with Crippen molar-refractivity contribution in [2.75, 3.05) is 42.9 Å². The van der Waals surface area contributed by atoms with E-state index in [1.54, 1.807) is 0 Å². The molecule has 1 heterocycles. The molecule has 0 bridgehead atoms. The van der Waals surface area contributed by atoms with E-state index in [4.69, 9.17) is 12.6 Å². The first-order valence-corrected chi connectivity index (χ1v) is 15.5. The summed E-state index contributed by atoms with van der Waals surface area (Å²) in [4.78, 5) is 18.0. The van der Waals surface area contributed by atoms with Gasteiger partial charge in [-0.1, -0.05) is 96.2 Å². The maximum atomic E-state index is 12.8. The number of hydrogen-bond acceptors (Lipinski definition) is 4. The zero-order valence-corrected chi connectivity index (χ0v) is 25.2. The summed E-state index contributed by atoms with van der Waals surface area (Å²) < 4.78 is 0. The van der Waals surface area contributed by atoms with E-state index < -0.39 is 0 Å². The first-order chi connectivity index (χ1) is 18.3. The minimum Gasteiger partial charge on any atom is -0.369 e. The first-order valence-electron chi connectivity index (χ1n) is 15.0. The number of amides is 1. The van der Waals surface area contributed by atoms with Crippen LogP contribution in [0.25, 0.3) is 0 Å². The lowest BCUT2D eigenvalue weighted by Gasteiger charge is -2.36. The van der Waals surface area contributed by atoms with E-state index in [0.29, 0.717) is 18.3 Å². The third kappa shape index (κ3) is 9.96. The Hall–Kier alpha value is -1.98. The van der Waals surface area contributed by atoms with Gasteiger partial charge in [0, 0.05) is 49.2 Å². The number of para-hydroxylation sites is 2. The number of hydrogen-bond donors (Lipinski definition) is 2. The molecule has 38 heavy (non-hydrogen) atoms. The molecule has 1 aliphatic rings. The van der Waals surface area contributed by atoms with Crippen molar-refractivity contribution < 1.29 is 4.79 Å². The van der Waals surface area contributed by atoms with Gasteiger partial charge in [0.05, 0.1) is 0 Å². The molecule has 0 aliphatic carbocycles. The number of nitrogens with one attached hydrogen (secondary N) is 1. The van der Waals surface area contributed by atoms with Gasteiger partial charge in [0.25, 0.3) is 0 Å². The fraction of sp³-hybridized carbons (Fsp3) is 0.606. The number of piperazine rings is 1. The lowest BCUT2D eigenvalue weighted by molar-refractivity contribution is -0.116. The highest BCUT2D eigenvalue weighted by Crippen LogP contribution is 2.32. The van der Waals surface area contributed by atoms with E-state index in [2.05, 4.69) is 91.3 Å². The van der Waals surface area contributed by atoms with Gasteiger partial charge in [0.15, 0.2) is 0 Å². The van der Waals surface area contributed by atoms with Crippen LogP contribution in [-0.4, -0.2) is 48.8 Å². The molecule has 1 unspecified atom stereocenters. The van der Waals surface area contributed by atoms with Crippen LogP contribution in [0.3, 0.4) is 0 Å². The fourth-order valence-electron chi connectivity index (χ4n) is 5.49. The molecule has 2 aromatic rings. The molecule has 1 N–H and O–H groups in total. The zero-order valence-electron chi connectivity index (χ0n) is 24.3. The molecule has 1 amide bonds. The molecule has 2 aromatic carbocycles. The van der Waals surface area contributed by atoms with E-state index in [9.17, 15) is 4.79 Å². The highest BCUT2D eigenvalue weighted by Gasteiger charge is 2.18. The Morgan fingerprint density at radius 2 is 1.37 bits per heavy atom. The van der Waals surface area contributed by atoms with E-state index in [1.807, 2.05) is 0 Å². The molecule has 1 atom stereocenters. The van der Waals surface area contributed by atoms with Crippen LogP contribution in [0, 0.1) is 0 Å². The van der Waals surface area contributed by atoms with Crippen molar-refractivity contribution >= 4 is 29.9 Å². The molecule has 4 nitrogen and oxygen atoms in total. The number of unbranched alkanes of at least 4 members (excludes halogenated alkanes) is 5. The van der Waals surface area contributed by atoms with Crippen LogP contribution in [0.4, 0.5) is 11.4 Å². The van der Waals surface area contributed by atoms with Crippen LogP contribution < -0.4 is 10.2 Å². The van der Waals surface area contributed by atoms with Gasteiger partial charge in [0.1, 0.15) is 0 Å². The largest absolute Gasteiger partial charge is 0.369 e. The van der Waals surface area contributed by atoms with Gasteiger partial charge in [-0.2, -0.15) is 12.6 Å². The standard InChI is InChI=1S/C33H51N3OS/c1-26(2)30-18-14-19-31(27(3)4)33(30)34-32(37)25-29(38)17-12-7-5-6-8-13-20-35-21-23-36(24-22-35)28-15-10-9-11-16-28/h9-11,14-16,18-19,26-27,29,38H,5-8,12-13,17,20-25H2,1-4H3,(H,34,37). The van der Waals surface area contributed by atoms with Crippen molar-refractivity contribution in [2.24, 2.45) is 0 Å². The summed E-state index contributed by atoms with van der Waals surface area (Å²) in [5, 5.41) is 3.36. The molecular formula is C33H51N3OS. The van der Waals surface area contributed by atoms with Crippen molar-refractivity contribution in [1.82, 2.24) is 4.90 Å². The van der Waals surface area contributed by atoms with Gasteiger partial charge in [-0.3, -0.25) is 9.69 Å². The second-order valence-electron chi connectivity index (χ2n) is 11.6. The van der Waals surface area contributed by atoms with Crippen molar-refractivity contribution in [1.29, 1.82) is 0 Å². The highest BCUT2D eigenvalue weighted by atomic mass is 32.1. The van der Waals surface area contributed by atoms with Gasteiger partial charge >= 0.3 is 0 Å². The molecule has 1 saturated heterocycles. The Balaban J connectivity index is 1.24. The SMILES string of the molecule is CC(C)c1cccc(C(C)C)c1NC(=O)CC(S)CCCCCCCCN1CCN(c2ccccc2)CC1. The summed E-state index contributed by atoms with van der Waals surface area (Å²) in [6.07, 6.45) is 9.09. The van der Waals surface area contributed by atoms with Crippen LogP contribution in [0.1, 0.15) is 102 Å². The Kier molecular flexibility index (Phi) is 13.0. The Labute approximate surface area is 238 Å². The average Bonchev–Trinajstić information content (AvgIpc) is 2.90. The molecule has 5 heteroatoms. The summed E-state index contributed by atoms with van der Waals surface area (Å²) in [5.41, 5.74) is 4.80. The summed E-state index contributed by atoms with van der Waals surface area (Å²) in [7, 11) is 0. The molecular weight excluding hydrogens is 486 g/mol. The van der Waals surface area contributed by atoms with Crippen molar-refractivity contribution in [3.63, 3.8) is 0 Å². The topological polar surface area (TPSA) is 35.6 Å². The zero-order chi connectivity index (χ0) is 27.3. The van der Waals surface area contributed by atoms with Gasteiger partial charge < -0.3 is 10.2 Å². The first kappa shape index (κ1) is 30.6. The Morgan fingerprint density at radius 1 is 0.789 bits per heavy atom. The van der Waals surface area contributed by atoms with E-state index in [1.165, 1.54) is 68.6 Å². The van der Waals surface area contributed by atoms with Crippen LogP contribution in [0.5, 0.6) is 0 Å². The van der Waals surface area contributed by atoms with E-state index in [0.717, 1.165) is 31.6 Å².